The summed E-state index contributed by atoms with van der Waals surface area (Å²) in [7, 11) is -4.10. The van der Waals surface area contributed by atoms with Crippen LogP contribution in [0.15, 0.2) is 24.3 Å². The van der Waals surface area contributed by atoms with Crippen molar-refractivity contribution in [2.45, 2.75) is 57.6 Å². The Bertz CT molecular complexity index is 813. The van der Waals surface area contributed by atoms with E-state index in [2.05, 4.69) is 48.9 Å². The number of hydrogen-bond acceptors (Lipinski definition) is 3. The van der Waals surface area contributed by atoms with Gasteiger partial charge in [-0.25, -0.2) is 0 Å². The zero-order valence-electron chi connectivity index (χ0n) is 15.9. The minimum atomic E-state index is -4.10. The van der Waals surface area contributed by atoms with E-state index in [4.69, 9.17) is 4.55 Å². The molecule has 0 saturated carbocycles. The number of fused-ring (bicyclic) bond motifs is 1. The second-order valence-corrected chi connectivity index (χ2v) is 9.30. The number of benzene rings is 1. The second kappa shape index (κ2) is 7.88. The summed E-state index contributed by atoms with van der Waals surface area (Å²) in [6.45, 7) is 8.75. The highest BCUT2D eigenvalue weighted by Gasteiger charge is 2.42. The summed E-state index contributed by atoms with van der Waals surface area (Å²) < 4.78 is 33.1. The van der Waals surface area contributed by atoms with Crippen LogP contribution in [0.25, 0.3) is 0 Å². The highest BCUT2D eigenvalue weighted by atomic mass is 32.2. The fourth-order valence-electron chi connectivity index (χ4n) is 3.25. The third-order valence-corrected chi connectivity index (χ3v) is 6.49. The Balaban J connectivity index is 1.83. The SMILES string of the molecule is CC1=[N+](CCCCC(=O)NCC(C)S(=O)(=O)O)c2ccccc2C1(C)C. The first-order chi connectivity index (χ1) is 12.0. The predicted octanol–water partition coefficient (Wildman–Crippen LogP) is 2.65. The molecule has 1 amide bonds. The Labute approximate surface area is 156 Å². The van der Waals surface area contributed by atoms with Crippen LogP contribution in [0.5, 0.6) is 0 Å². The molecule has 7 heteroatoms. The summed E-state index contributed by atoms with van der Waals surface area (Å²) in [5.74, 6) is -0.191. The fraction of sp³-hybridized carbons (Fsp3) is 0.579. The molecule has 26 heavy (non-hydrogen) atoms. The predicted molar refractivity (Wildman–Crippen MR) is 103 cm³/mol. The number of amides is 1. The lowest BCUT2D eigenvalue weighted by Gasteiger charge is -2.14. The van der Waals surface area contributed by atoms with E-state index in [9.17, 15) is 13.2 Å². The number of nitrogens with zero attached hydrogens (tertiary/aromatic N) is 1. The van der Waals surface area contributed by atoms with E-state index in [1.807, 2.05) is 6.07 Å². The van der Waals surface area contributed by atoms with Crippen LogP contribution < -0.4 is 5.32 Å². The molecule has 0 bridgehead atoms. The Morgan fingerprint density at radius 3 is 2.58 bits per heavy atom. The molecule has 1 heterocycles. The summed E-state index contributed by atoms with van der Waals surface area (Å²) in [5, 5.41) is 1.56. The molecule has 0 aliphatic carbocycles. The van der Waals surface area contributed by atoms with Crippen molar-refractivity contribution in [3.63, 3.8) is 0 Å². The van der Waals surface area contributed by atoms with E-state index in [1.54, 1.807) is 0 Å². The average molecular weight is 382 g/mol. The molecule has 1 aromatic rings. The van der Waals surface area contributed by atoms with Crippen molar-refractivity contribution in [1.82, 2.24) is 5.32 Å². The molecule has 0 saturated heterocycles. The van der Waals surface area contributed by atoms with Gasteiger partial charge in [0.1, 0.15) is 11.8 Å². The van der Waals surface area contributed by atoms with Crippen molar-refractivity contribution in [3.8, 4) is 0 Å². The highest BCUT2D eigenvalue weighted by Crippen LogP contribution is 2.39. The first-order valence-electron chi connectivity index (χ1n) is 8.99. The molecule has 0 spiro atoms. The summed E-state index contributed by atoms with van der Waals surface area (Å²) in [6.07, 6.45) is 1.93. The summed E-state index contributed by atoms with van der Waals surface area (Å²) >= 11 is 0. The zero-order valence-corrected chi connectivity index (χ0v) is 16.8. The molecular weight excluding hydrogens is 352 g/mol. The lowest BCUT2D eigenvalue weighted by atomic mass is 9.82. The van der Waals surface area contributed by atoms with E-state index < -0.39 is 15.4 Å². The average Bonchev–Trinajstić information content (AvgIpc) is 2.76. The molecule has 0 aromatic heterocycles. The van der Waals surface area contributed by atoms with Gasteiger partial charge >= 0.3 is 0 Å². The number of carbonyl (C=O) groups is 1. The van der Waals surface area contributed by atoms with Crippen LogP contribution in [-0.4, -0.2) is 47.5 Å². The topological polar surface area (TPSA) is 86.5 Å². The number of nitrogens with one attached hydrogen (secondary N) is 1. The van der Waals surface area contributed by atoms with Crippen LogP contribution in [0.2, 0.25) is 0 Å². The van der Waals surface area contributed by atoms with E-state index in [0.29, 0.717) is 6.42 Å². The molecule has 2 rings (SSSR count). The van der Waals surface area contributed by atoms with Gasteiger partial charge in [0.05, 0.1) is 5.41 Å². The van der Waals surface area contributed by atoms with Crippen molar-refractivity contribution < 1.29 is 22.3 Å². The van der Waals surface area contributed by atoms with Crippen LogP contribution in [-0.2, 0) is 20.3 Å². The number of hydrogen-bond donors (Lipinski definition) is 2. The monoisotopic (exact) mass is 381 g/mol. The van der Waals surface area contributed by atoms with Gasteiger partial charge in [-0.2, -0.15) is 13.0 Å². The van der Waals surface area contributed by atoms with E-state index in [-0.39, 0.29) is 17.9 Å². The molecule has 1 aliphatic heterocycles. The Kier molecular flexibility index (Phi) is 6.24. The third kappa shape index (κ3) is 4.51. The lowest BCUT2D eigenvalue weighted by Crippen LogP contribution is -2.34. The maximum Gasteiger partial charge on any atom is 0.269 e. The molecule has 1 unspecified atom stereocenters. The van der Waals surface area contributed by atoms with E-state index in [1.165, 1.54) is 23.9 Å². The molecule has 2 N–H and O–H groups in total. The van der Waals surface area contributed by atoms with Crippen LogP contribution in [0, 0.1) is 0 Å². The van der Waals surface area contributed by atoms with Crippen LogP contribution in [0.3, 0.4) is 0 Å². The standard InChI is InChI=1S/C19H28N2O4S/c1-14(26(23,24)25)13-20-18(22)11-7-8-12-21-15(2)19(3,4)16-9-5-6-10-17(16)21/h5-6,9-10,14H,7-8,11-13H2,1-4H3,(H-,20,22,23,24,25)/p+1. The molecule has 1 aromatic carbocycles. The number of unbranched alkanes of at least 4 members (excludes halogenated alkanes) is 1. The van der Waals surface area contributed by atoms with Gasteiger partial charge in [0.25, 0.3) is 10.1 Å². The minimum Gasteiger partial charge on any atom is -0.355 e. The van der Waals surface area contributed by atoms with E-state index >= 15 is 0 Å². The summed E-state index contributed by atoms with van der Waals surface area (Å²) in [4.78, 5) is 11.8. The van der Waals surface area contributed by atoms with Gasteiger partial charge in [0.2, 0.25) is 11.6 Å². The number of carbonyl (C=O) groups excluding carboxylic acids is 1. The van der Waals surface area contributed by atoms with Gasteiger partial charge in [-0.15, -0.1) is 0 Å². The third-order valence-electron chi connectivity index (χ3n) is 5.31. The number of rotatable bonds is 8. The molecule has 6 nitrogen and oxygen atoms in total. The molecular formula is C19H29N2O4S+. The fourth-order valence-corrected chi connectivity index (χ4v) is 3.54. The highest BCUT2D eigenvalue weighted by molar-refractivity contribution is 7.86. The maximum atomic E-state index is 11.8. The first kappa shape index (κ1) is 20.6. The Morgan fingerprint density at radius 2 is 1.92 bits per heavy atom. The largest absolute Gasteiger partial charge is 0.355 e. The second-order valence-electron chi connectivity index (χ2n) is 7.47. The van der Waals surface area contributed by atoms with E-state index in [0.717, 1.165) is 19.4 Å². The molecule has 0 fully saturated rings. The van der Waals surface area contributed by atoms with Gasteiger partial charge in [0.15, 0.2) is 5.71 Å². The zero-order chi connectivity index (χ0) is 19.5. The lowest BCUT2D eigenvalue weighted by molar-refractivity contribution is -0.439. The molecule has 1 atom stereocenters. The summed E-state index contributed by atoms with van der Waals surface area (Å²) in [5.41, 5.74) is 3.89. The number of para-hydroxylation sites is 1. The van der Waals surface area contributed by atoms with Gasteiger partial charge in [-0.3, -0.25) is 9.35 Å². The normalized spacial score (nSPS) is 17.1. The van der Waals surface area contributed by atoms with Crippen LogP contribution in [0.1, 0.15) is 52.5 Å². The smallest absolute Gasteiger partial charge is 0.269 e. The van der Waals surface area contributed by atoms with Crippen molar-refractivity contribution in [3.05, 3.63) is 29.8 Å². The van der Waals surface area contributed by atoms with Gasteiger partial charge in [0, 0.05) is 37.9 Å². The van der Waals surface area contributed by atoms with Gasteiger partial charge < -0.3 is 5.32 Å². The maximum absolute atomic E-state index is 11.8. The quantitative estimate of drug-likeness (QED) is 0.412. The first-order valence-corrected chi connectivity index (χ1v) is 10.5. The van der Waals surface area contributed by atoms with Crippen LogP contribution >= 0.6 is 0 Å². The minimum absolute atomic E-state index is 0.0138. The Hall–Kier alpha value is -1.73. The molecule has 1 aliphatic rings. The summed E-state index contributed by atoms with van der Waals surface area (Å²) in [6, 6.07) is 8.42. The molecule has 0 radical (unpaired) electrons. The van der Waals surface area contributed by atoms with Gasteiger partial charge in [-0.05, 0) is 27.2 Å². The molecule has 144 valence electrons. The van der Waals surface area contributed by atoms with Gasteiger partial charge in [-0.1, -0.05) is 18.2 Å². The van der Waals surface area contributed by atoms with Crippen molar-refractivity contribution >= 4 is 27.4 Å². The van der Waals surface area contributed by atoms with Crippen molar-refractivity contribution in [2.75, 3.05) is 13.1 Å². The van der Waals surface area contributed by atoms with Crippen molar-refractivity contribution in [1.29, 1.82) is 0 Å². The van der Waals surface area contributed by atoms with Crippen LogP contribution in [0.4, 0.5) is 5.69 Å². The van der Waals surface area contributed by atoms with Crippen molar-refractivity contribution in [2.24, 2.45) is 0 Å². The Morgan fingerprint density at radius 1 is 1.27 bits per heavy atom.